The second kappa shape index (κ2) is 12.7. The summed E-state index contributed by atoms with van der Waals surface area (Å²) >= 11 is 0. The number of aromatic hydroxyl groups is 1. The topological polar surface area (TPSA) is 171 Å². The molecule has 244 valence electrons. The number of anilines is 1. The van der Waals surface area contributed by atoms with Crippen LogP contribution in [0.3, 0.4) is 0 Å². The molecule has 4 atom stereocenters. The van der Waals surface area contributed by atoms with E-state index in [4.69, 9.17) is 13.8 Å². The molecule has 2 aromatic heterocycles. The van der Waals surface area contributed by atoms with Gasteiger partial charge in [-0.2, -0.15) is 0 Å². The monoisotopic (exact) mass is 630 g/mol. The number of hydrogen-bond acceptors (Lipinski definition) is 10. The molecule has 0 saturated heterocycles. The summed E-state index contributed by atoms with van der Waals surface area (Å²) in [7, 11) is 0. The Labute approximate surface area is 268 Å². The first kappa shape index (κ1) is 32.9. The predicted molar refractivity (Wildman–Crippen MR) is 171 cm³/mol. The molecule has 2 aliphatic heterocycles. The van der Waals surface area contributed by atoms with E-state index in [1.54, 1.807) is 26.0 Å². The number of amides is 1. The lowest BCUT2D eigenvalue weighted by Crippen LogP contribution is -2.40. The molecule has 1 amide bonds. The lowest BCUT2D eigenvalue weighted by atomic mass is 9.72. The van der Waals surface area contributed by atoms with Gasteiger partial charge in [0.05, 0.1) is 6.61 Å². The summed E-state index contributed by atoms with van der Waals surface area (Å²) in [5.41, 5.74) is 2.41. The molecule has 4 aromatic rings. The molecule has 0 saturated carbocycles. The number of phenolic OH excluding ortho intramolecular Hbond substituents is 1. The van der Waals surface area contributed by atoms with Crippen LogP contribution < -0.4 is 10.6 Å². The zero-order valence-electron chi connectivity index (χ0n) is 25.7. The van der Waals surface area contributed by atoms with Crippen LogP contribution in [0, 0.1) is 17.8 Å². The van der Waals surface area contributed by atoms with Crippen molar-refractivity contribution in [2.45, 2.75) is 72.1 Å². The summed E-state index contributed by atoms with van der Waals surface area (Å²) < 4.78 is 12.5. The second-order valence-electron chi connectivity index (χ2n) is 12.7. The Bertz CT molecular complexity index is 1740. The molecule has 2 unspecified atom stereocenters. The third kappa shape index (κ3) is 5.58. The van der Waals surface area contributed by atoms with Crippen molar-refractivity contribution in [1.29, 1.82) is 0 Å². The number of benzene rings is 2. The van der Waals surface area contributed by atoms with E-state index in [9.17, 15) is 24.9 Å². The van der Waals surface area contributed by atoms with Crippen molar-refractivity contribution in [2.75, 3.05) is 11.9 Å². The van der Waals surface area contributed by atoms with Crippen molar-refractivity contribution in [3.63, 3.8) is 0 Å². The van der Waals surface area contributed by atoms with Gasteiger partial charge < -0.3 is 34.8 Å². The number of rotatable bonds is 7. The number of Topliss-reactive ketones (excluding diaryl/α,β-unsaturated/α-hetero) is 1. The minimum Gasteiger partial charge on any atom is -0.508 e. The SMILES string of the molecule is C.CC(C)[C@H](O)C(=O)CC1Cc2ccc(O)c(c2)C2(CNc3ccccc32)c2oc(nc2-c2nc(CO)co2)[C@H](C(C)C)NC1=O. The van der Waals surface area contributed by atoms with Crippen molar-refractivity contribution in [2.24, 2.45) is 17.8 Å². The van der Waals surface area contributed by atoms with Gasteiger partial charge in [0.2, 0.25) is 17.7 Å². The number of carbonyl (C=O) groups is 2. The van der Waals surface area contributed by atoms with E-state index in [0.29, 0.717) is 23.6 Å². The normalized spacial score (nSPS) is 21.2. The second-order valence-corrected chi connectivity index (χ2v) is 12.7. The molecule has 4 bridgehead atoms. The van der Waals surface area contributed by atoms with Crippen LogP contribution in [0.1, 0.15) is 81.6 Å². The van der Waals surface area contributed by atoms with Gasteiger partial charge in [-0.05, 0) is 41.5 Å². The Morgan fingerprint density at radius 2 is 1.87 bits per heavy atom. The number of aromatic nitrogens is 2. The number of aliphatic hydroxyl groups excluding tert-OH is 2. The number of aliphatic hydroxyl groups is 2. The van der Waals surface area contributed by atoms with Gasteiger partial charge in [-0.3, -0.25) is 9.59 Å². The molecule has 0 aliphatic carbocycles. The minimum absolute atomic E-state index is 0. The van der Waals surface area contributed by atoms with E-state index in [0.717, 1.165) is 16.8 Å². The standard InChI is InChI=1S/C34H38N4O7.CH4/c1-17(2)27-33-38-28(32-36-21(14-39)15-44-32)30(45-33)34(16-35-24-8-6-5-7-22(24)34)23-12-19(9-10-25(23)40)11-20(31(43)37-27)13-26(41)29(42)18(3)4;/h5-10,12,15,17-18,20,27,29,35,39-40,42H,11,13-14,16H2,1-4H3,(H,37,43);1H4/t20?,27-,29-,34?;/m0./s1. The number of phenols is 1. The zero-order valence-corrected chi connectivity index (χ0v) is 25.7. The Hall–Kier alpha value is -4.48. The molecule has 2 aliphatic rings. The molecule has 0 radical (unpaired) electrons. The Morgan fingerprint density at radius 3 is 2.57 bits per heavy atom. The number of nitrogens with zero attached hydrogens (tertiary/aromatic N) is 2. The Balaban J connectivity index is 0.00000417. The van der Waals surface area contributed by atoms with Gasteiger partial charge >= 0.3 is 0 Å². The minimum atomic E-state index is -1.19. The number of fused-ring (bicyclic) bond motifs is 8. The van der Waals surface area contributed by atoms with Crippen LogP contribution in [0.4, 0.5) is 5.69 Å². The molecular weight excluding hydrogens is 588 g/mol. The van der Waals surface area contributed by atoms with Crippen LogP contribution in [-0.4, -0.2) is 49.6 Å². The largest absolute Gasteiger partial charge is 0.508 e. The van der Waals surface area contributed by atoms with Crippen LogP contribution in [-0.2, 0) is 28.0 Å². The molecule has 5 N–H and O–H groups in total. The van der Waals surface area contributed by atoms with Gasteiger partial charge in [-0.25, -0.2) is 9.97 Å². The molecule has 4 heterocycles. The van der Waals surface area contributed by atoms with Crippen molar-refractivity contribution >= 4 is 17.4 Å². The molecule has 2 aromatic carbocycles. The molecule has 46 heavy (non-hydrogen) atoms. The molecular formula is C35H42N4O7. The number of oxazole rings is 2. The quantitative estimate of drug-likeness (QED) is 0.189. The lowest BCUT2D eigenvalue weighted by molar-refractivity contribution is -0.135. The fourth-order valence-electron chi connectivity index (χ4n) is 6.40. The van der Waals surface area contributed by atoms with Crippen molar-refractivity contribution in [1.82, 2.24) is 15.3 Å². The fraction of sp³-hybridized carbons (Fsp3) is 0.429. The van der Waals surface area contributed by atoms with Crippen molar-refractivity contribution in [3.05, 3.63) is 82.8 Å². The van der Waals surface area contributed by atoms with E-state index in [-0.39, 0.29) is 67.8 Å². The average molecular weight is 631 g/mol. The van der Waals surface area contributed by atoms with Crippen molar-refractivity contribution in [3.8, 4) is 17.3 Å². The van der Waals surface area contributed by atoms with Crippen LogP contribution >= 0.6 is 0 Å². The first-order valence-electron chi connectivity index (χ1n) is 15.3. The van der Waals surface area contributed by atoms with E-state index >= 15 is 0 Å². The summed E-state index contributed by atoms with van der Waals surface area (Å²) in [5.74, 6) is -1.36. The summed E-state index contributed by atoms with van der Waals surface area (Å²) in [5, 5.41) is 38.3. The number of ketones is 1. The maximum absolute atomic E-state index is 13.9. The Kier molecular flexibility index (Phi) is 9.10. The summed E-state index contributed by atoms with van der Waals surface area (Å²) in [4.78, 5) is 36.3. The maximum Gasteiger partial charge on any atom is 0.249 e. The Morgan fingerprint density at radius 1 is 1.11 bits per heavy atom. The summed E-state index contributed by atoms with van der Waals surface area (Å²) in [6.07, 6.45) is 0.192. The first-order valence-corrected chi connectivity index (χ1v) is 15.3. The number of hydrogen-bond donors (Lipinski definition) is 5. The summed E-state index contributed by atoms with van der Waals surface area (Å²) in [6, 6.07) is 12.2. The number of nitrogens with one attached hydrogen (secondary N) is 2. The molecule has 0 fully saturated rings. The van der Waals surface area contributed by atoms with Gasteiger partial charge in [-0.1, -0.05) is 65.5 Å². The van der Waals surface area contributed by atoms with Crippen LogP contribution in [0.25, 0.3) is 11.6 Å². The molecule has 11 heteroatoms. The molecule has 6 rings (SSSR count). The lowest BCUT2D eigenvalue weighted by Gasteiger charge is -2.31. The van der Waals surface area contributed by atoms with E-state index in [1.165, 1.54) is 6.26 Å². The maximum atomic E-state index is 13.9. The van der Waals surface area contributed by atoms with E-state index < -0.39 is 29.3 Å². The third-order valence-corrected chi connectivity index (χ3v) is 8.89. The predicted octanol–water partition coefficient (Wildman–Crippen LogP) is 4.89. The van der Waals surface area contributed by atoms with Crippen LogP contribution in [0.5, 0.6) is 5.75 Å². The van der Waals surface area contributed by atoms with Crippen LogP contribution in [0.15, 0.2) is 57.6 Å². The van der Waals surface area contributed by atoms with Gasteiger partial charge in [-0.15, -0.1) is 0 Å². The van der Waals surface area contributed by atoms with Gasteiger partial charge in [0.25, 0.3) is 0 Å². The summed E-state index contributed by atoms with van der Waals surface area (Å²) in [6.45, 7) is 7.33. The van der Waals surface area contributed by atoms with Gasteiger partial charge in [0.1, 0.15) is 35.3 Å². The first-order chi connectivity index (χ1) is 21.5. The van der Waals surface area contributed by atoms with Gasteiger partial charge in [0.15, 0.2) is 17.2 Å². The zero-order chi connectivity index (χ0) is 32.0. The smallest absolute Gasteiger partial charge is 0.249 e. The highest BCUT2D eigenvalue weighted by Gasteiger charge is 2.50. The molecule has 11 nitrogen and oxygen atoms in total. The fourth-order valence-corrected chi connectivity index (χ4v) is 6.40. The van der Waals surface area contributed by atoms with E-state index in [1.807, 2.05) is 44.2 Å². The number of carbonyl (C=O) groups excluding carboxylic acids is 2. The van der Waals surface area contributed by atoms with Crippen molar-refractivity contribution < 1.29 is 33.7 Å². The number of para-hydroxylation sites is 1. The average Bonchev–Trinajstić information content (AvgIpc) is 3.76. The van der Waals surface area contributed by atoms with Gasteiger partial charge in [0, 0.05) is 30.1 Å². The highest BCUT2D eigenvalue weighted by atomic mass is 16.4. The third-order valence-electron chi connectivity index (χ3n) is 8.89. The van der Waals surface area contributed by atoms with E-state index in [2.05, 4.69) is 15.6 Å². The molecule has 1 spiro atoms. The highest BCUT2D eigenvalue weighted by Crippen LogP contribution is 2.52. The highest BCUT2D eigenvalue weighted by molar-refractivity contribution is 5.89. The van der Waals surface area contributed by atoms with Crippen LogP contribution in [0.2, 0.25) is 0 Å².